The van der Waals surface area contributed by atoms with E-state index in [2.05, 4.69) is 27.7 Å². The molecule has 2 aromatic rings. The number of alkyl halides is 9. The highest BCUT2D eigenvalue weighted by atomic mass is 19.4. The van der Waals surface area contributed by atoms with E-state index in [1.54, 1.807) is 0 Å². The summed E-state index contributed by atoms with van der Waals surface area (Å²) in [4.78, 5) is 33.9. The van der Waals surface area contributed by atoms with E-state index in [1.165, 1.54) is 30.7 Å². The Labute approximate surface area is 248 Å². The third-order valence-corrected chi connectivity index (χ3v) is 6.64. The van der Waals surface area contributed by atoms with Crippen LogP contribution < -0.4 is 15.5 Å². The number of hydrogen-bond donors (Lipinski definition) is 2. The molecular formula is C29H32F9N3O3. The van der Waals surface area contributed by atoms with Crippen LogP contribution in [-0.2, 0) is 27.0 Å². The van der Waals surface area contributed by atoms with Crippen LogP contribution in [0.25, 0.3) is 0 Å². The maximum absolute atomic E-state index is 12.7. The van der Waals surface area contributed by atoms with Gasteiger partial charge in [-0.05, 0) is 67.1 Å². The number of nitrogens with zero attached hydrogens (tertiary/aromatic N) is 1. The maximum Gasteiger partial charge on any atom is 0.458 e. The lowest BCUT2D eigenvalue weighted by molar-refractivity contribution is -0.193. The van der Waals surface area contributed by atoms with E-state index in [0.29, 0.717) is 25.1 Å². The lowest BCUT2D eigenvalue weighted by atomic mass is 10.00. The molecule has 0 radical (unpaired) electrons. The highest BCUT2D eigenvalue weighted by Gasteiger charge is 2.54. The largest absolute Gasteiger partial charge is 0.458 e. The molecule has 6 nitrogen and oxygen atoms in total. The van der Waals surface area contributed by atoms with Crippen LogP contribution >= 0.6 is 0 Å². The van der Waals surface area contributed by atoms with Crippen LogP contribution in [0, 0.1) is 5.92 Å². The Morgan fingerprint density at radius 1 is 0.773 bits per heavy atom. The van der Waals surface area contributed by atoms with Crippen molar-refractivity contribution in [3.63, 3.8) is 0 Å². The third-order valence-electron chi connectivity index (χ3n) is 6.64. The Balaban J connectivity index is 0.000000477. The standard InChI is InChI=1S/C25H32F3N3O.C4F6O2/c1-18(2)23(30-21-9-7-20(8-10-21)25(26,27)28)13-14-29-24(32)17-19-5-11-22(12-6-19)31-15-3-4-16-31;5-3(6,7)1(11)2(12)4(8,9)10/h5-12,18,23,30H,3-4,13-17H2,1-2H3,(H,29,32);/t23-;/m0./s1. The average Bonchev–Trinajstić information content (AvgIpc) is 3.46. The number of rotatable bonds is 10. The highest BCUT2D eigenvalue weighted by molar-refractivity contribution is 6.41. The molecule has 2 aromatic carbocycles. The van der Waals surface area contributed by atoms with Gasteiger partial charge in [0, 0.05) is 37.1 Å². The van der Waals surface area contributed by atoms with Gasteiger partial charge in [-0.3, -0.25) is 14.4 Å². The van der Waals surface area contributed by atoms with Crippen molar-refractivity contribution in [1.29, 1.82) is 0 Å². The molecule has 1 atom stereocenters. The number of nitrogens with one attached hydrogen (secondary N) is 2. The van der Waals surface area contributed by atoms with Crippen molar-refractivity contribution in [2.75, 3.05) is 29.9 Å². The van der Waals surface area contributed by atoms with Gasteiger partial charge in [0.05, 0.1) is 12.0 Å². The monoisotopic (exact) mass is 641 g/mol. The first-order valence-corrected chi connectivity index (χ1v) is 13.6. The first-order chi connectivity index (χ1) is 20.3. The van der Waals surface area contributed by atoms with Crippen LogP contribution in [0.1, 0.15) is 44.2 Å². The van der Waals surface area contributed by atoms with Gasteiger partial charge in [-0.25, -0.2) is 0 Å². The molecule has 0 bridgehead atoms. The lowest BCUT2D eigenvalue weighted by Gasteiger charge is -2.24. The summed E-state index contributed by atoms with van der Waals surface area (Å²) in [6.45, 7) is 6.78. The van der Waals surface area contributed by atoms with Crippen molar-refractivity contribution in [1.82, 2.24) is 5.32 Å². The summed E-state index contributed by atoms with van der Waals surface area (Å²) >= 11 is 0. The molecule has 44 heavy (non-hydrogen) atoms. The second-order valence-corrected chi connectivity index (χ2v) is 10.4. The Morgan fingerprint density at radius 2 is 1.27 bits per heavy atom. The van der Waals surface area contributed by atoms with Crippen LogP contribution in [0.3, 0.4) is 0 Å². The maximum atomic E-state index is 12.7. The molecule has 1 fully saturated rings. The van der Waals surface area contributed by atoms with E-state index < -0.39 is 35.7 Å². The smallest absolute Gasteiger partial charge is 0.382 e. The van der Waals surface area contributed by atoms with Crippen molar-refractivity contribution in [2.45, 2.75) is 64.1 Å². The number of anilines is 2. The second kappa shape index (κ2) is 15.3. The van der Waals surface area contributed by atoms with Crippen molar-refractivity contribution in [3.05, 3.63) is 59.7 Å². The molecule has 0 saturated carbocycles. The summed E-state index contributed by atoms with van der Waals surface area (Å²) in [7, 11) is 0. The van der Waals surface area contributed by atoms with Gasteiger partial charge >= 0.3 is 30.1 Å². The molecule has 1 aliphatic heterocycles. The molecule has 1 amide bonds. The van der Waals surface area contributed by atoms with E-state index in [1.807, 2.05) is 26.0 Å². The third kappa shape index (κ3) is 11.7. The summed E-state index contributed by atoms with van der Waals surface area (Å²) in [5.74, 6) is -6.59. The van der Waals surface area contributed by atoms with Crippen LogP contribution in [0.4, 0.5) is 50.9 Å². The number of hydrogen-bond acceptors (Lipinski definition) is 5. The first-order valence-electron chi connectivity index (χ1n) is 13.6. The van der Waals surface area contributed by atoms with E-state index >= 15 is 0 Å². The zero-order chi connectivity index (χ0) is 33.3. The van der Waals surface area contributed by atoms with Crippen LogP contribution in [0.2, 0.25) is 0 Å². The van der Waals surface area contributed by atoms with Gasteiger partial charge in [-0.15, -0.1) is 0 Å². The van der Waals surface area contributed by atoms with Gasteiger partial charge in [0.2, 0.25) is 5.91 Å². The molecule has 1 saturated heterocycles. The first kappa shape index (κ1) is 36.4. The van der Waals surface area contributed by atoms with Crippen molar-refractivity contribution in [3.8, 4) is 0 Å². The number of Topliss-reactive ketones (excluding diaryl/α,β-unsaturated/α-hetero) is 2. The minimum atomic E-state index is -5.77. The Hall–Kier alpha value is -3.78. The van der Waals surface area contributed by atoms with Crippen LogP contribution in [-0.4, -0.2) is 55.5 Å². The summed E-state index contributed by atoms with van der Waals surface area (Å²) in [5, 5.41) is 6.25. The highest BCUT2D eigenvalue weighted by Crippen LogP contribution is 2.30. The van der Waals surface area contributed by atoms with Gasteiger partial charge < -0.3 is 15.5 Å². The topological polar surface area (TPSA) is 78.5 Å². The summed E-state index contributed by atoms with van der Waals surface area (Å²) < 4.78 is 105. The Morgan fingerprint density at radius 3 is 1.70 bits per heavy atom. The molecule has 1 heterocycles. The van der Waals surface area contributed by atoms with Gasteiger partial charge in [0.1, 0.15) is 0 Å². The number of halogens is 9. The molecule has 0 aromatic heterocycles. The molecule has 0 aliphatic carbocycles. The molecule has 0 unspecified atom stereocenters. The van der Waals surface area contributed by atoms with Gasteiger partial charge in [-0.1, -0.05) is 26.0 Å². The SMILES string of the molecule is CC(C)[C@H](CCNC(=O)Cc1ccc(N2CCCC2)cc1)Nc1ccc(C(F)(F)F)cc1.O=C(C(=O)C(F)(F)F)C(F)(F)F. The summed E-state index contributed by atoms with van der Waals surface area (Å²) in [6.07, 6.45) is -12.4. The summed E-state index contributed by atoms with van der Waals surface area (Å²) in [5.41, 5.74) is 2.17. The molecule has 244 valence electrons. The van der Waals surface area contributed by atoms with Crippen molar-refractivity contribution < 1.29 is 53.9 Å². The van der Waals surface area contributed by atoms with E-state index in [0.717, 1.165) is 30.8 Å². The van der Waals surface area contributed by atoms with Gasteiger partial charge in [0.15, 0.2) is 0 Å². The van der Waals surface area contributed by atoms with E-state index in [9.17, 15) is 53.9 Å². The van der Waals surface area contributed by atoms with E-state index in [-0.39, 0.29) is 17.9 Å². The minimum Gasteiger partial charge on any atom is -0.382 e. The predicted molar refractivity (Wildman–Crippen MR) is 145 cm³/mol. The van der Waals surface area contributed by atoms with Crippen LogP contribution in [0.5, 0.6) is 0 Å². The Bertz CT molecular complexity index is 1210. The predicted octanol–water partition coefficient (Wildman–Crippen LogP) is 6.74. The quantitative estimate of drug-likeness (QED) is 0.222. The molecule has 0 spiro atoms. The molecule has 2 N–H and O–H groups in total. The summed E-state index contributed by atoms with van der Waals surface area (Å²) in [6, 6.07) is 13.3. The fourth-order valence-corrected chi connectivity index (χ4v) is 4.21. The molecule has 15 heteroatoms. The molecule has 1 aliphatic rings. The number of amides is 1. The van der Waals surface area contributed by atoms with Crippen molar-refractivity contribution >= 4 is 28.8 Å². The average molecular weight is 642 g/mol. The number of carbonyl (C=O) groups excluding carboxylic acids is 3. The number of carbonyl (C=O) groups is 3. The lowest BCUT2D eigenvalue weighted by Crippen LogP contribution is -2.39. The fraction of sp³-hybridized carbons (Fsp3) is 0.483. The zero-order valence-corrected chi connectivity index (χ0v) is 23.8. The second-order valence-electron chi connectivity index (χ2n) is 10.4. The normalized spacial score (nSPS) is 14.5. The minimum absolute atomic E-state index is 0.0315. The van der Waals surface area contributed by atoms with Crippen LogP contribution in [0.15, 0.2) is 48.5 Å². The molecular weight excluding hydrogens is 609 g/mol. The number of benzene rings is 2. The number of ketones is 2. The van der Waals surface area contributed by atoms with Gasteiger partial charge in [0.25, 0.3) is 0 Å². The van der Waals surface area contributed by atoms with Crippen molar-refractivity contribution in [2.24, 2.45) is 5.92 Å². The Kier molecular flexibility index (Phi) is 12.7. The molecule has 3 rings (SSSR count). The fourth-order valence-electron chi connectivity index (χ4n) is 4.21. The zero-order valence-electron chi connectivity index (χ0n) is 23.8. The van der Waals surface area contributed by atoms with E-state index in [4.69, 9.17) is 0 Å². The van der Waals surface area contributed by atoms with Gasteiger partial charge in [-0.2, -0.15) is 39.5 Å².